The van der Waals surface area contributed by atoms with Gasteiger partial charge in [-0.25, -0.2) is 0 Å². The number of aliphatic carboxylic acids is 1. The Morgan fingerprint density at radius 2 is 1.57 bits per heavy atom. The molecule has 0 amide bonds. The summed E-state index contributed by atoms with van der Waals surface area (Å²) in [4.78, 5) is 14.5. The van der Waals surface area contributed by atoms with Crippen LogP contribution in [0.25, 0.3) is 0 Å². The highest BCUT2D eigenvalue weighted by molar-refractivity contribution is 5.75. The highest BCUT2D eigenvalue weighted by Gasteiger charge is 2.52. The Labute approximate surface area is 221 Å². The van der Waals surface area contributed by atoms with Gasteiger partial charge in [0, 0.05) is 5.41 Å². The minimum absolute atomic E-state index is 0.109. The summed E-state index contributed by atoms with van der Waals surface area (Å²) in [6.45, 7) is 6.05. The van der Waals surface area contributed by atoms with Crippen molar-refractivity contribution in [1.82, 2.24) is 4.90 Å². The zero-order valence-electron chi connectivity index (χ0n) is 22.1. The van der Waals surface area contributed by atoms with Crippen molar-refractivity contribution < 1.29 is 20.1 Å². The number of allylic oxidation sites excluding steroid dienone is 3. The lowest BCUT2D eigenvalue weighted by molar-refractivity contribution is -0.159. The van der Waals surface area contributed by atoms with E-state index in [0.717, 1.165) is 50.0 Å². The maximum atomic E-state index is 12.1. The summed E-state index contributed by atoms with van der Waals surface area (Å²) in [5.74, 6) is -0.782. The molecule has 2 aromatic carbocycles. The Morgan fingerprint density at radius 1 is 1.00 bits per heavy atom. The number of hydrogen-bond acceptors (Lipinski definition) is 4. The fourth-order valence-electron chi connectivity index (χ4n) is 6.33. The summed E-state index contributed by atoms with van der Waals surface area (Å²) in [7, 11) is 0. The minimum atomic E-state index is -1.08. The molecule has 0 spiro atoms. The van der Waals surface area contributed by atoms with Crippen LogP contribution in [0.1, 0.15) is 57.1 Å². The Hall–Kier alpha value is -2.73. The maximum absolute atomic E-state index is 12.1. The summed E-state index contributed by atoms with van der Waals surface area (Å²) in [6, 6.07) is 20.0. The molecule has 5 heteroatoms. The minimum Gasteiger partial charge on any atom is -0.481 e. The number of benzene rings is 2. The SMILES string of the molecule is CC(C)(C(=O)O)C1(C(O)CCCN2CCC(C(O)(c3ccccc3)c3ccccc3)CC2)C=CC=CC1. The predicted octanol–water partition coefficient (Wildman–Crippen LogP) is 5.39. The summed E-state index contributed by atoms with van der Waals surface area (Å²) in [6.07, 6.45) is 10.5. The Bertz CT molecular complexity index is 1050. The van der Waals surface area contributed by atoms with Gasteiger partial charge in [0.15, 0.2) is 0 Å². The quantitative estimate of drug-likeness (QED) is 0.405. The molecule has 1 fully saturated rings. The second-order valence-electron chi connectivity index (χ2n) is 11.2. The van der Waals surface area contributed by atoms with Crippen LogP contribution in [0.2, 0.25) is 0 Å². The average molecular weight is 504 g/mol. The first-order chi connectivity index (χ1) is 17.7. The first-order valence-corrected chi connectivity index (χ1v) is 13.5. The molecule has 2 unspecified atom stereocenters. The van der Waals surface area contributed by atoms with Gasteiger partial charge in [-0.3, -0.25) is 4.79 Å². The number of carbonyl (C=O) groups is 1. The molecule has 0 saturated carbocycles. The number of carboxylic acids is 1. The lowest BCUT2D eigenvalue weighted by atomic mass is 9.58. The number of aliphatic hydroxyl groups is 2. The monoisotopic (exact) mass is 503 g/mol. The molecule has 1 aliphatic heterocycles. The number of aliphatic hydroxyl groups excluding tert-OH is 1. The van der Waals surface area contributed by atoms with Crippen LogP contribution in [-0.4, -0.2) is 51.9 Å². The molecule has 0 aromatic heterocycles. The van der Waals surface area contributed by atoms with Gasteiger partial charge in [0.1, 0.15) is 5.60 Å². The van der Waals surface area contributed by atoms with Crippen LogP contribution in [0.15, 0.2) is 85.0 Å². The van der Waals surface area contributed by atoms with Crippen molar-refractivity contribution in [3.63, 3.8) is 0 Å². The Balaban J connectivity index is 1.38. The van der Waals surface area contributed by atoms with E-state index < -0.39 is 28.5 Å². The number of rotatable bonds is 10. The van der Waals surface area contributed by atoms with E-state index in [4.69, 9.17) is 0 Å². The number of nitrogens with zero attached hydrogens (tertiary/aromatic N) is 1. The Kier molecular flexibility index (Phi) is 8.37. The molecule has 198 valence electrons. The number of piperidine rings is 1. The lowest BCUT2D eigenvalue weighted by Crippen LogP contribution is -2.50. The third-order valence-corrected chi connectivity index (χ3v) is 8.95. The van der Waals surface area contributed by atoms with Crippen LogP contribution in [0.3, 0.4) is 0 Å². The van der Waals surface area contributed by atoms with Gasteiger partial charge >= 0.3 is 5.97 Å². The topological polar surface area (TPSA) is 81.0 Å². The van der Waals surface area contributed by atoms with Gasteiger partial charge in [-0.1, -0.05) is 85.0 Å². The number of hydrogen-bond donors (Lipinski definition) is 3. The van der Waals surface area contributed by atoms with Crippen molar-refractivity contribution >= 4 is 5.97 Å². The van der Waals surface area contributed by atoms with Crippen LogP contribution >= 0.6 is 0 Å². The molecule has 2 atom stereocenters. The first-order valence-electron chi connectivity index (χ1n) is 13.5. The van der Waals surface area contributed by atoms with E-state index >= 15 is 0 Å². The molecule has 3 N–H and O–H groups in total. The molecule has 2 aliphatic rings. The number of likely N-dealkylation sites (tertiary alicyclic amines) is 1. The molecular formula is C32H41NO4. The van der Waals surface area contributed by atoms with Crippen LogP contribution in [0.4, 0.5) is 0 Å². The first kappa shape index (κ1) is 27.3. The van der Waals surface area contributed by atoms with Gasteiger partial charge in [-0.15, -0.1) is 0 Å². The van der Waals surface area contributed by atoms with Gasteiger partial charge in [0.2, 0.25) is 0 Å². The zero-order chi connectivity index (χ0) is 26.5. The normalized spacial score (nSPS) is 22.2. The van der Waals surface area contributed by atoms with Crippen LogP contribution < -0.4 is 0 Å². The molecule has 1 heterocycles. The van der Waals surface area contributed by atoms with E-state index in [2.05, 4.69) is 4.90 Å². The third kappa shape index (κ3) is 5.31. The molecule has 37 heavy (non-hydrogen) atoms. The molecular weight excluding hydrogens is 462 g/mol. The predicted molar refractivity (Wildman–Crippen MR) is 147 cm³/mol. The lowest BCUT2D eigenvalue weighted by Gasteiger charge is -2.46. The highest BCUT2D eigenvalue weighted by atomic mass is 16.4. The average Bonchev–Trinajstić information content (AvgIpc) is 2.94. The van der Waals surface area contributed by atoms with Crippen LogP contribution in [-0.2, 0) is 10.4 Å². The van der Waals surface area contributed by atoms with Gasteiger partial charge in [0.25, 0.3) is 0 Å². The van der Waals surface area contributed by atoms with Crippen LogP contribution in [0, 0.1) is 16.7 Å². The van der Waals surface area contributed by atoms with Crippen molar-refractivity contribution in [2.24, 2.45) is 16.7 Å². The largest absolute Gasteiger partial charge is 0.481 e. The highest BCUT2D eigenvalue weighted by Crippen LogP contribution is 2.49. The molecule has 1 aliphatic carbocycles. The van der Waals surface area contributed by atoms with Gasteiger partial charge < -0.3 is 20.2 Å². The maximum Gasteiger partial charge on any atom is 0.310 e. The molecule has 0 radical (unpaired) electrons. The van der Waals surface area contributed by atoms with Crippen molar-refractivity contribution in [1.29, 1.82) is 0 Å². The summed E-state index contributed by atoms with van der Waals surface area (Å²) in [5, 5.41) is 33.2. The molecule has 2 aromatic rings. The third-order valence-electron chi connectivity index (χ3n) is 8.95. The van der Waals surface area contributed by atoms with Crippen molar-refractivity contribution in [3.05, 3.63) is 96.1 Å². The summed E-state index contributed by atoms with van der Waals surface area (Å²) in [5.41, 5.74) is -1.05. The van der Waals surface area contributed by atoms with E-state index in [1.54, 1.807) is 13.8 Å². The van der Waals surface area contributed by atoms with Gasteiger partial charge in [-0.2, -0.15) is 0 Å². The van der Waals surface area contributed by atoms with Crippen molar-refractivity contribution in [2.75, 3.05) is 19.6 Å². The van der Waals surface area contributed by atoms with E-state index in [1.165, 1.54) is 0 Å². The summed E-state index contributed by atoms with van der Waals surface area (Å²) < 4.78 is 0. The second kappa shape index (κ2) is 11.3. The van der Waals surface area contributed by atoms with E-state index in [0.29, 0.717) is 12.8 Å². The molecule has 0 bridgehead atoms. The standard InChI is InChI=1S/C32H41NO4/c1-30(2,29(35)36)31(20-10-5-11-21-31)28(34)17-12-22-33-23-18-27(19-24-33)32(37,25-13-6-3-7-14-25)26-15-8-4-9-16-26/h3-11,13-16,20,27-28,34,37H,12,17-19,21-24H2,1-2H3,(H,35,36). The Morgan fingerprint density at radius 3 is 2.05 bits per heavy atom. The summed E-state index contributed by atoms with van der Waals surface area (Å²) >= 11 is 0. The second-order valence-corrected chi connectivity index (χ2v) is 11.2. The van der Waals surface area contributed by atoms with E-state index in [9.17, 15) is 20.1 Å². The van der Waals surface area contributed by atoms with Crippen molar-refractivity contribution in [3.8, 4) is 0 Å². The van der Waals surface area contributed by atoms with Gasteiger partial charge in [0.05, 0.1) is 11.5 Å². The molecule has 5 nitrogen and oxygen atoms in total. The smallest absolute Gasteiger partial charge is 0.310 e. The van der Waals surface area contributed by atoms with E-state index in [-0.39, 0.29) is 5.92 Å². The number of carboxylic acid groups (broad SMARTS) is 1. The zero-order valence-corrected chi connectivity index (χ0v) is 22.1. The van der Waals surface area contributed by atoms with E-state index in [1.807, 2.05) is 85.0 Å². The molecule has 1 saturated heterocycles. The van der Waals surface area contributed by atoms with Gasteiger partial charge in [-0.05, 0) is 82.6 Å². The fourth-order valence-corrected chi connectivity index (χ4v) is 6.33. The van der Waals surface area contributed by atoms with Crippen LogP contribution in [0.5, 0.6) is 0 Å². The van der Waals surface area contributed by atoms with Crippen molar-refractivity contribution in [2.45, 2.75) is 57.7 Å². The fraction of sp³-hybridized carbons (Fsp3) is 0.469. The molecule has 4 rings (SSSR count).